The topological polar surface area (TPSA) is 29.6 Å². The molecule has 0 N–H and O–H groups in total. The van der Waals surface area contributed by atoms with Crippen LogP contribution in [0.5, 0.6) is 0 Å². The SMILES string of the molecule is CC(C)(C)SC(=O)C1OC12CCCCC2. The first-order valence-corrected chi connectivity index (χ1v) is 6.65. The summed E-state index contributed by atoms with van der Waals surface area (Å²) in [5, 5.41) is 0.240. The Hall–Kier alpha value is -0.0200. The average molecular weight is 228 g/mol. The van der Waals surface area contributed by atoms with Crippen molar-refractivity contribution >= 4 is 16.9 Å². The van der Waals surface area contributed by atoms with Crippen molar-refractivity contribution in [2.24, 2.45) is 0 Å². The summed E-state index contributed by atoms with van der Waals surface area (Å²) in [5.41, 5.74) is -0.0341. The molecule has 0 aromatic rings. The summed E-state index contributed by atoms with van der Waals surface area (Å²) >= 11 is 1.43. The zero-order valence-corrected chi connectivity index (χ0v) is 10.7. The Bertz CT molecular complexity index is 261. The second kappa shape index (κ2) is 3.77. The summed E-state index contributed by atoms with van der Waals surface area (Å²) in [6, 6.07) is 0. The Labute approximate surface area is 96.1 Å². The quantitative estimate of drug-likeness (QED) is 0.646. The lowest BCUT2D eigenvalue weighted by molar-refractivity contribution is -0.112. The maximum absolute atomic E-state index is 11.9. The number of ether oxygens (including phenoxy) is 1. The van der Waals surface area contributed by atoms with Crippen LogP contribution in [0, 0.1) is 0 Å². The van der Waals surface area contributed by atoms with Crippen LogP contribution < -0.4 is 0 Å². The number of rotatable bonds is 1. The highest BCUT2D eigenvalue weighted by molar-refractivity contribution is 8.14. The van der Waals surface area contributed by atoms with Gasteiger partial charge in [-0.25, -0.2) is 0 Å². The van der Waals surface area contributed by atoms with Crippen molar-refractivity contribution in [3.8, 4) is 0 Å². The monoisotopic (exact) mass is 228 g/mol. The molecule has 1 aliphatic carbocycles. The van der Waals surface area contributed by atoms with Gasteiger partial charge in [0.1, 0.15) is 5.60 Å². The van der Waals surface area contributed by atoms with Gasteiger partial charge in [0.25, 0.3) is 0 Å². The van der Waals surface area contributed by atoms with E-state index >= 15 is 0 Å². The van der Waals surface area contributed by atoms with Gasteiger partial charge in [0.2, 0.25) is 5.12 Å². The van der Waals surface area contributed by atoms with Gasteiger partial charge in [-0.3, -0.25) is 4.79 Å². The van der Waals surface area contributed by atoms with Gasteiger partial charge >= 0.3 is 0 Å². The minimum atomic E-state index is -0.0953. The van der Waals surface area contributed by atoms with Gasteiger partial charge in [-0.1, -0.05) is 51.8 Å². The molecule has 0 amide bonds. The maximum atomic E-state index is 11.9. The smallest absolute Gasteiger partial charge is 0.221 e. The molecule has 1 unspecified atom stereocenters. The number of epoxide rings is 1. The van der Waals surface area contributed by atoms with Crippen molar-refractivity contribution in [2.45, 2.75) is 69.3 Å². The van der Waals surface area contributed by atoms with Crippen LogP contribution >= 0.6 is 11.8 Å². The van der Waals surface area contributed by atoms with Crippen molar-refractivity contribution < 1.29 is 9.53 Å². The zero-order chi connectivity index (χ0) is 11.1. The van der Waals surface area contributed by atoms with Crippen LogP contribution in [-0.4, -0.2) is 21.6 Å². The average Bonchev–Trinajstić information content (AvgIpc) is 2.78. The molecule has 1 spiro atoms. The molecule has 0 radical (unpaired) electrons. The molecule has 86 valence electrons. The van der Waals surface area contributed by atoms with E-state index in [-0.39, 0.29) is 21.6 Å². The number of carbonyl (C=O) groups excluding carboxylic acids is 1. The minimum absolute atomic E-state index is 0.0128. The van der Waals surface area contributed by atoms with Crippen molar-refractivity contribution in [1.29, 1.82) is 0 Å². The molecular weight excluding hydrogens is 208 g/mol. The lowest BCUT2D eigenvalue weighted by Crippen LogP contribution is -2.24. The van der Waals surface area contributed by atoms with Crippen molar-refractivity contribution in [3.05, 3.63) is 0 Å². The number of hydrogen-bond acceptors (Lipinski definition) is 3. The standard InChI is InChI=1S/C12H20O2S/c1-11(2,3)15-10(13)9-12(14-9)7-5-4-6-8-12/h9H,4-8H2,1-3H3. The van der Waals surface area contributed by atoms with Crippen LogP contribution in [-0.2, 0) is 9.53 Å². The van der Waals surface area contributed by atoms with Crippen LogP contribution in [0.2, 0.25) is 0 Å². The Balaban J connectivity index is 1.89. The zero-order valence-electron chi connectivity index (χ0n) is 9.84. The van der Waals surface area contributed by atoms with Crippen LogP contribution in [0.3, 0.4) is 0 Å². The first-order valence-electron chi connectivity index (χ1n) is 5.84. The molecule has 2 fully saturated rings. The van der Waals surface area contributed by atoms with Gasteiger partial charge in [-0.05, 0) is 12.8 Å². The van der Waals surface area contributed by atoms with E-state index in [0.29, 0.717) is 0 Å². The number of hydrogen-bond donors (Lipinski definition) is 0. The number of thioether (sulfide) groups is 1. The molecular formula is C12H20O2S. The van der Waals surface area contributed by atoms with Crippen LogP contribution in [0.25, 0.3) is 0 Å². The maximum Gasteiger partial charge on any atom is 0.221 e. The van der Waals surface area contributed by atoms with Crippen molar-refractivity contribution in [2.75, 3.05) is 0 Å². The first-order chi connectivity index (χ1) is 6.93. The Kier molecular flexibility index (Phi) is 2.89. The molecule has 1 saturated carbocycles. The lowest BCUT2D eigenvalue weighted by atomic mass is 9.87. The lowest BCUT2D eigenvalue weighted by Gasteiger charge is -2.19. The van der Waals surface area contributed by atoms with Crippen LogP contribution in [0.4, 0.5) is 0 Å². The van der Waals surface area contributed by atoms with Gasteiger partial charge in [-0.15, -0.1) is 0 Å². The summed E-state index contributed by atoms with van der Waals surface area (Å²) in [6.45, 7) is 6.22. The van der Waals surface area contributed by atoms with E-state index < -0.39 is 0 Å². The fourth-order valence-electron chi connectivity index (χ4n) is 2.35. The van der Waals surface area contributed by atoms with Gasteiger partial charge in [0.15, 0.2) is 6.10 Å². The Morgan fingerprint density at radius 2 is 1.87 bits per heavy atom. The molecule has 1 saturated heterocycles. The van der Waals surface area contributed by atoms with E-state index in [2.05, 4.69) is 20.8 Å². The van der Waals surface area contributed by atoms with Gasteiger partial charge in [0, 0.05) is 4.75 Å². The van der Waals surface area contributed by atoms with Crippen molar-refractivity contribution in [1.82, 2.24) is 0 Å². The summed E-state index contributed by atoms with van der Waals surface area (Å²) in [5.74, 6) is 0. The normalized spacial score (nSPS) is 29.1. The third-order valence-corrected chi connectivity index (χ3v) is 4.12. The molecule has 0 aromatic carbocycles. The largest absolute Gasteiger partial charge is 0.357 e. The molecule has 0 bridgehead atoms. The van der Waals surface area contributed by atoms with E-state index in [0.717, 1.165) is 12.8 Å². The van der Waals surface area contributed by atoms with E-state index in [1.807, 2.05) is 0 Å². The molecule has 2 rings (SSSR count). The fraction of sp³-hybridized carbons (Fsp3) is 0.917. The van der Waals surface area contributed by atoms with E-state index in [4.69, 9.17) is 4.74 Å². The van der Waals surface area contributed by atoms with Gasteiger partial charge < -0.3 is 4.74 Å². The summed E-state index contributed by atoms with van der Waals surface area (Å²) in [4.78, 5) is 11.9. The molecule has 1 atom stereocenters. The predicted octanol–water partition coefficient (Wildman–Crippen LogP) is 3.15. The molecule has 1 aliphatic heterocycles. The summed E-state index contributed by atoms with van der Waals surface area (Å²) in [6.07, 6.45) is 5.84. The highest BCUT2D eigenvalue weighted by atomic mass is 32.2. The predicted molar refractivity (Wildman–Crippen MR) is 63.0 cm³/mol. The Morgan fingerprint density at radius 1 is 1.27 bits per heavy atom. The second-order valence-electron chi connectivity index (χ2n) is 5.66. The minimum Gasteiger partial charge on any atom is -0.357 e. The fourth-order valence-corrected chi connectivity index (χ4v) is 3.32. The molecule has 0 aromatic heterocycles. The first kappa shape index (κ1) is 11.5. The third-order valence-electron chi connectivity index (χ3n) is 3.09. The highest BCUT2D eigenvalue weighted by Gasteiger charge is 2.60. The van der Waals surface area contributed by atoms with Crippen LogP contribution in [0.1, 0.15) is 52.9 Å². The van der Waals surface area contributed by atoms with Crippen molar-refractivity contribution in [3.63, 3.8) is 0 Å². The van der Waals surface area contributed by atoms with E-state index in [1.165, 1.54) is 31.0 Å². The summed E-state index contributed by atoms with van der Waals surface area (Å²) < 4.78 is 5.70. The summed E-state index contributed by atoms with van der Waals surface area (Å²) in [7, 11) is 0. The molecule has 2 aliphatic rings. The molecule has 2 nitrogen and oxygen atoms in total. The molecule has 15 heavy (non-hydrogen) atoms. The number of carbonyl (C=O) groups is 1. The highest BCUT2D eigenvalue weighted by Crippen LogP contribution is 2.50. The third kappa shape index (κ3) is 2.56. The van der Waals surface area contributed by atoms with E-state index in [1.54, 1.807) is 0 Å². The Morgan fingerprint density at radius 3 is 2.40 bits per heavy atom. The van der Waals surface area contributed by atoms with Gasteiger partial charge in [-0.2, -0.15) is 0 Å². The molecule has 3 heteroatoms. The van der Waals surface area contributed by atoms with Gasteiger partial charge in [0.05, 0.1) is 0 Å². The second-order valence-corrected chi connectivity index (χ2v) is 7.49. The van der Waals surface area contributed by atoms with E-state index in [9.17, 15) is 4.79 Å². The molecule has 1 heterocycles. The van der Waals surface area contributed by atoms with Crippen LogP contribution in [0.15, 0.2) is 0 Å².